The van der Waals surface area contributed by atoms with Crippen LogP contribution in [0.15, 0.2) is 0 Å². The van der Waals surface area contributed by atoms with Crippen molar-refractivity contribution in [2.75, 3.05) is 13.2 Å². The van der Waals surface area contributed by atoms with Crippen LogP contribution in [0.4, 0.5) is 0 Å². The Kier molecular flexibility index (Phi) is 5.42. The van der Waals surface area contributed by atoms with E-state index in [9.17, 15) is 0 Å². The number of nitriles is 1. The topological polar surface area (TPSA) is 45.0 Å². The second-order valence-corrected chi connectivity index (χ2v) is 6.11. The van der Waals surface area contributed by atoms with Crippen molar-refractivity contribution in [3.63, 3.8) is 0 Å². The molecule has 0 radical (unpaired) electrons. The lowest BCUT2D eigenvalue weighted by Gasteiger charge is -2.39. The quantitative estimate of drug-likeness (QED) is 0.801. The lowest BCUT2D eigenvalue weighted by molar-refractivity contribution is -0.0262. The molecule has 1 rings (SSSR count). The van der Waals surface area contributed by atoms with Gasteiger partial charge in [-0.05, 0) is 37.1 Å². The third kappa shape index (κ3) is 5.06. The predicted octanol–water partition coefficient (Wildman–Crippen LogP) is 2.72. The molecule has 0 amide bonds. The SMILES string of the molecule is CCNC(C#N)COC1CC(C)CC(C)(C)C1. The third-order valence-corrected chi connectivity index (χ3v) is 3.45. The zero-order chi connectivity index (χ0) is 12.9. The van der Waals surface area contributed by atoms with Gasteiger partial charge >= 0.3 is 0 Å². The second kappa shape index (κ2) is 6.37. The maximum absolute atomic E-state index is 8.95. The van der Waals surface area contributed by atoms with Gasteiger partial charge in [0.15, 0.2) is 0 Å². The molecular weight excluding hydrogens is 212 g/mol. The van der Waals surface area contributed by atoms with E-state index in [1.165, 1.54) is 6.42 Å². The molecule has 3 heteroatoms. The van der Waals surface area contributed by atoms with Gasteiger partial charge in [-0.1, -0.05) is 27.7 Å². The Morgan fingerprint density at radius 2 is 2.18 bits per heavy atom. The molecule has 1 saturated carbocycles. The number of ether oxygens (including phenoxy) is 1. The van der Waals surface area contributed by atoms with Gasteiger partial charge in [0.05, 0.1) is 18.8 Å². The van der Waals surface area contributed by atoms with Gasteiger partial charge in [0.25, 0.3) is 0 Å². The minimum absolute atomic E-state index is 0.166. The summed E-state index contributed by atoms with van der Waals surface area (Å²) >= 11 is 0. The molecule has 0 heterocycles. The van der Waals surface area contributed by atoms with Crippen LogP contribution in [0.25, 0.3) is 0 Å². The van der Waals surface area contributed by atoms with Gasteiger partial charge in [0.2, 0.25) is 0 Å². The van der Waals surface area contributed by atoms with E-state index in [1.54, 1.807) is 0 Å². The summed E-state index contributed by atoms with van der Waals surface area (Å²) in [6.07, 6.45) is 3.85. The first-order chi connectivity index (χ1) is 7.96. The highest BCUT2D eigenvalue weighted by Gasteiger charge is 2.32. The van der Waals surface area contributed by atoms with Crippen molar-refractivity contribution < 1.29 is 4.74 Å². The minimum atomic E-state index is -0.166. The Balaban J connectivity index is 2.38. The molecule has 1 aliphatic carbocycles. The summed E-state index contributed by atoms with van der Waals surface area (Å²) < 4.78 is 5.91. The van der Waals surface area contributed by atoms with Crippen LogP contribution in [-0.4, -0.2) is 25.3 Å². The number of likely N-dealkylation sites (N-methyl/N-ethyl adjacent to an activating group) is 1. The zero-order valence-corrected chi connectivity index (χ0v) is 11.6. The first-order valence-electron chi connectivity index (χ1n) is 6.71. The highest BCUT2D eigenvalue weighted by atomic mass is 16.5. The Hall–Kier alpha value is -0.590. The van der Waals surface area contributed by atoms with Crippen LogP contribution in [-0.2, 0) is 4.74 Å². The van der Waals surface area contributed by atoms with E-state index in [0.29, 0.717) is 18.1 Å². The predicted molar refractivity (Wildman–Crippen MR) is 69.6 cm³/mol. The molecule has 1 N–H and O–H groups in total. The second-order valence-electron chi connectivity index (χ2n) is 6.11. The van der Waals surface area contributed by atoms with Gasteiger partial charge in [-0.2, -0.15) is 5.26 Å². The van der Waals surface area contributed by atoms with E-state index in [1.807, 2.05) is 6.92 Å². The summed E-state index contributed by atoms with van der Waals surface area (Å²) in [5.41, 5.74) is 0.378. The fraction of sp³-hybridized carbons (Fsp3) is 0.929. The maximum Gasteiger partial charge on any atom is 0.119 e. The van der Waals surface area contributed by atoms with E-state index < -0.39 is 0 Å². The van der Waals surface area contributed by atoms with E-state index in [-0.39, 0.29) is 6.04 Å². The highest BCUT2D eigenvalue weighted by molar-refractivity contribution is 4.90. The summed E-state index contributed by atoms with van der Waals surface area (Å²) in [4.78, 5) is 0. The van der Waals surface area contributed by atoms with Crippen molar-refractivity contribution >= 4 is 0 Å². The third-order valence-electron chi connectivity index (χ3n) is 3.45. The summed E-state index contributed by atoms with van der Waals surface area (Å²) in [7, 11) is 0. The average Bonchev–Trinajstić information content (AvgIpc) is 2.21. The van der Waals surface area contributed by atoms with Crippen LogP contribution >= 0.6 is 0 Å². The van der Waals surface area contributed by atoms with Gasteiger partial charge < -0.3 is 10.1 Å². The molecule has 0 spiro atoms. The normalized spacial score (nSPS) is 29.6. The lowest BCUT2D eigenvalue weighted by atomic mass is 9.71. The highest BCUT2D eigenvalue weighted by Crippen LogP contribution is 2.39. The molecule has 1 fully saturated rings. The molecule has 3 nitrogen and oxygen atoms in total. The van der Waals surface area contributed by atoms with Gasteiger partial charge in [-0.15, -0.1) is 0 Å². The molecular formula is C14H26N2O. The molecule has 3 atom stereocenters. The standard InChI is InChI=1S/C14H26N2O/c1-5-16-12(9-15)10-17-13-6-11(2)7-14(3,4)8-13/h11-13,16H,5-8,10H2,1-4H3. The van der Waals surface area contributed by atoms with Crippen molar-refractivity contribution in [2.45, 2.75) is 59.1 Å². The van der Waals surface area contributed by atoms with Crippen LogP contribution in [0.2, 0.25) is 0 Å². The Morgan fingerprint density at radius 1 is 1.47 bits per heavy atom. The van der Waals surface area contributed by atoms with Crippen LogP contribution in [0, 0.1) is 22.7 Å². The molecule has 0 aromatic rings. The van der Waals surface area contributed by atoms with Gasteiger partial charge in [-0.3, -0.25) is 0 Å². The first-order valence-corrected chi connectivity index (χ1v) is 6.71. The average molecular weight is 238 g/mol. The number of hydrogen-bond donors (Lipinski definition) is 1. The lowest BCUT2D eigenvalue weighted by Crippen LogP contribution is -2.37. The molecule has 1 aliphatic rings. The number of nitrogens with one attached hydrogen (secondary N) is 1. The smallest absolute Gasteiger partial charge is 0.119 e. The molecule has 0 aromatic heterocycles. The fourth-order valence-electron chi connectivity index (χ4n) is 3.01. The molecule has 98 valence electrons. The van der Waals surface area contributed by atoms with Crippen LogP contribution in [0.5, 0.6) is 0 Å². The van der Waals surface area contributed by atoms with Gasteiger partial charge in [0, 0.05) is 0 Å². The summed E-state index contributed by atoms with van der Waals surface area (Å²) in [5.74, 6) is 0.725. The van der Waals surface area contributed by atoms with E-state index in [0.717, 1.165) is 25.3 Å². The Bertz CT molecular complexity index is 270. The van der Waals surface area contributed by atoms with Crippen molar-refractivity contribution in [3.05, 3.63) is 0 Å². The summed E-state index contributed by atoms with van der Waals surface area (Å²) in [6.45, 7) is 10.3. The molecule has 0 bridgehead atoms. The summed E-state index contributed by atoms with van der Waals surface area (Å²) in [6, 6.07) is 2.07. The van der Waals surface area contributed by atoms with E-state index >= 15 is 0 Å². The minimum Gasteiger partial charge on any atom is -0.375 e. The number of hydrogen-bond acceptors (Lipinski definition) is 3. The van der Waals surface area contributed by atoms with Gasteiger partial charge in [-0.25, -0.2) is 0 Å². The summed E-state index contributed by atoms with van der Waals surface area (Å²) in [5, 5.41) is 12.1. The Morgan fingerprint density at radius 3 is 2.71 bits per heavy atom. The fourth-order valence-corrected chi connectivity index (χ4v) is 3.01. The van der Waals surface area contributed by atoms with Crippen molar-refractivity contribution in [2.24, 2.45) is 11.3 Å². The first kappa shape index (κ1) is 14.5. The van der Waals surface area contributed by atoms with Crippen LogP contribution < -0.4 is 5.32 Å². The molecule has 0 saturated heterocycles. The molecule has 17 heavy (non-hydrogen) atoms. The number of rotatable bonds is 5. The molecule has 0 aliphatic heterocycles. The van der Waals surface area contributed by atoms with Crippen LogP contribution in [0.3, 0.4) is 0 Å². The maximum atomic E-state index is 8.95. The zero-order valence-electron chi connectivity index (χ0n) is 11.6. The molecule has 0 aromatic carbocycles. The molecule has 3 unspecified atom stereocenters. The Labute approximate surface area is 106 Å². The van der Waals surface area contributed by atoms with E-state index in [4.69, 9.17) is 10.00 Å². The monoisotopic (exact) mass is 238 g/mol. The van der Waals surface area contributed by atoms with Crippen molar-refractivity contribution in [3.8, 4) is 6.07 Å². The van der Waals surface area contributed by atoms with Gasteiger partial charge in [0.1, 0.15) is 6.04 Å². The van der Waals surface area contributed by atoms with Crippen LogP contribution in [0.1, 0.15) is 47.0 Å². The largest absolute Gasteiger partial charge is 0.375 e. The van der Waals surface area contributed by atoms with Crippen molar-refractivity contribution in [1.82, 2.24) is 5.32 Å². The van der Waals surface area contributed by atoms with Crippen molar-refractivity contribution in [1.29, 1.82) is 5.26 Å². The number of nitrogens with zero attached hydrogens (tertiary/aromatic N) is 1. The van der Waals surface area contributed by atoms with E-state index in [2.05, 4.69) is 32.2 Å².